The van der Waals surface area contributed by atoms with E-state index in [0.29, 0.717) is 5.57 Å². The summed E-state index contributed by atoms with van der Waals surface area (Å²) >= 11 is 0. The number of hydrogen-bond donors (Lipinski definition) is 1. The first kappa shape index (κ1) is 34.9. The van der Waals surface area contributed by atoms with E-state index in [1.807, 2.05) is 41.1 Å². The number of piperazine rings is 1. The third-order valence-corrected chi connectivity index (χ3v) is 10.9. The molecular weight excluding hydrogens is 636 g/mol. The highest BCUT2D eigenvalue weighted by atomic mass is 16.5. The van der Waals surface area contributed by atoms with Crippen molar-refractivity contribution in [2.75, 3.05) is 27.8 Å². The fourth-order valence-electron chi connectivity index (χ4n) is 8.34. The van der Waals surface area contributed by atoms with Gasteiger partial charge in [-0.25, -0.2) is 0 Å². The van der Waals surface area contributed by atoms with E-state index >= 15 is 0 Å². The van der Waals surface area contributed by atoms with Crippen LogP contribution >= 0.6 is 0 Å². The van der Waals surface area contributed by atoms with E-state index in [1.165, 1.54) is 27.2 Å². The summed E-state index contributed by atoms with van der Waals surface area (Å²) in [6.45, 7) is 9.38. The summed E-state index contributed by atoms with van der Waals surface area (Å²) in [4.78, 5) is 72.7. The maximum Gasteiger partial charge on any atom is 0.244 e. The first-order valence-corrected chi connectivity index (χ1v) is 16.8. The van der Waals surface area contributed by atoms with Crippen molar-refractivity contribution in [1.82, 2.24) is 15.1 Å². The van der Waals surface area contributed by atoms with E-state index in [2.05, 4.69) is 32.2 Å². The van der Waals surface area contributed by atoms with Gasteiger partial charge < -0.3 is 14.8 Å². The molecule has 5 atom stereocenters. The minimum absolute atomic E-state index is 0.0119. The molecule has 5 aliphatic rings. The fourth-order valence-corrected chi connectivity index (χ4v) is 8.34. The Balaban J connectivity index is 1.40. The summed E-state index contributed by atoms with van der Waals surface area (Å²) < 4.78 is 10.8. The molecule has 3 aliphatic heterocycles. The average Bonchev–Trinajstić information content (AvgIpc) is 3.08. The molecule has 11 heteroatoms. The fraction of sp³-hybridized carbons (Fsp3) is 0.436. The standard InChI is InChI=1S/C39H42N4O7/c1-19-33(45)23-16-26-32-31-24(34(46)20(2)38(50-8)36(31)48)15-25(42(32)6)27(17-40)43(26)28(30(23)35(47)37(19)49-7)18-41-29(44)14-11-21-9-12-22(13-10-21)39(3,4)5/h9-14,25-28,32H,15-16,18H2,1-8H3,(H,41,44)/b14-11+/t25-,26-,27-,28-,32-/m0/s1. The van der Waals surface area contributed by atoms with Crippen LogP contribution in [0, 0.1) is 11.3 Å². The Labute approximate surface area is 291 Å². The van der Waals surface area contributed by atoms with E-state index in [0.717, 1.165) is 11.1 Å². The number of methoxy groups -OCH3 is 2. The molecule has 1 saturated heterocycles. The molecule has 1 aromatic rings. The summed E-state index contributed by atoms with van der Waals surface area (Å²) in [5.74, 6) is -2.07. The summed E-state index contributed by atoms with van der Waals surface area (Å²) in [7, 11) is 4.50. The molecule has 260 valence electrons. The molecule has 11 nitrogen and oxygen atoms in total. The highest BCUT2D eigenvalue weighted by molar-refractivity contribution is 6.26. The molecule has 1 aromatic carbocycles. The zero-order valence-corrected chi connectivity index (χ0v) is 29.7. The lowest BCUT2D eigenvalue weighted by atomic mass is 9.67. The Morgan fingerprint density at radius 2 is 1.44 bits per heavy atom. The first-order chi connectivity index (χ1) is 23.7. The molecule has 0 spiro atoms. The van der Waals surface area contributed by atoms with E-state index in [1.54, 1.807) is 13.0 Å². The number of carbonyl (C=O) groups excluding carboxylic acids is 5. The summed E-state index contributed by atoms with van der Waals surface area (Å²) in [6.07, 6.45) is 3.29. The lowest BCUT2D eigenvalue weighted by Crippen LogP contribution is -2.74. The number of benzene rings is 1. The number of Topliss-reactive ketones (excluding diaryl/α,β-unsaturated/α-hetero) is 4. The van der Waals surface area contributed by atoms with Crippen molar-refractivity contribution < 1.29 is 33.4 Å². The number of nitrogens with one attached hydrogen (secondary N) is 1. The third-order valence-electron chi connectivity index (χ3n) is 10.9. The van der Waals surface area contributed by atoms with E-state index in [-0.39, 0.29) is 75.8 Å². The van der Waals surface area contributed by atoms with Crippen LogP contribution in [0.15, 0.2) is 75.3 Å². The normalized spacial score (nSPS) is 27.4. The predicted molar refractivity (Wildman–Crippen MR) is 184 cm³/mol. The van der Waals surface area contributed by atoms with Gasteiger partial charge in [-0.1, -0.05) is 45.0 Å². The Morgan fingerprint density at radius 1 is 0.900 bits per heavy atom. The highest BCUT2D eigenvalue weighted by Crippen LogP contribution is 2.49. The molecule has 2 aliphatic carbocycles. The minimum Gasteiger partial charge on any atom is -0.492 e. The van der Waals surface area contributed by atoms with Crippen molar-refractivity contribution in [2.24, 2.45) is 0 Å². The Hall–Kier alpha value is -4.92. The van der Waals surface area contributed by atoms with Crippen LogP contribution in [0.2, 0.25) is 0 Å². The van der Waals surface area contributed by atoms with Crippen LogP contribution in [-0.2, 0) is 38.9 Å². The van der Waals surface area contributed by atoms with Gasteiger partial charge in [-0.15, -0.1) is 0 Å². The molecule has 6 rings (SSSR count). The van der Waals surface area contributed by atoms with Gasteiger partial charge >= 0.3 is 0 Å². The number of nitriles is 1. The van der Waals surface area contributed by atoms with Crippen molar-refractivity contribution in [1.29, 1.82) is 5.26 Å². The predicted octanol–water partition coefficient (Wildman–Crippen LogP) is 3.27. The van der Waals surface area contributed by atoms with E-state index in [4.69, 9.17) is 9.47 Å². The van der Waals surface area contributed by atoms with Crippen LogP contribution in [0.3, 0.4) is 0 Å². The number of ether oxygens (including phenoxy) is 2. The van der Waals surface area contributed by atoms with Crippen LogP contribution < -0.4 is 5.32 Å². The molecule has 0 unspecified atom stereocenters. The van der Waals surface area contributed by atoms with Gasteiger partial charge in [-0.3, -0.25) is 33.8 Å². The lowest BCUT2D eigenvalue weighted by molar-refractivity contribution is -0.125. The smallest absolute Gasteiger partial charge is 0.244 e. The molecule has 50 heavy (non-hydrogen) atoms. The van der Waals surface area contributed by atoms with Crippen molar-refractivity contribution in [3.05, 3.63) is 86.4 Å². The second kappa shape index (κ2) is 12.8. The van der Waals surface area contributed by atoms with Gasteiger partial charge in [0.1, 0.15) is 6.04 Å². The second-order valence-electron chi connectivity index (χ2n) is 14.6. The number of rotatable bonds is 6. The number of carbonyl (C=O) groups is 5. The maximum atomic E-state index is 14.1. The largest absolute Gasteiger partial charge is 0.492 e. The average molecular weight is 679 g/mol. The molecule has 0 saturated carbocycles. The monoisotopic (exact) mass is 678 g/mol. The number of likely N-dealkylation sites (N-methyl/N-ethyl adjacent to an activating group) is 1. The van der Waals surface area contributed by atoms with Gasteiger partial charge in [0.25, 0.3) is 0 Å². The molecule has 2 bridgehead atoms. The molecule has 1 N–H and O–H groups in total. The van der Waals surface area contributed by atoms with Crippen molar-refractivity contribution in [3.8, 4) is 6.07 Å². The van der Waals surface area contributed by atoms with Gasteiger partial charge in [-0.2, -0.15) is 5.26 Å². The first-order valence-electron chi connectivity index (χ1n) is 16.8. The highest BCUT2D eigenvalue weighted by Gasteiger charge is 2.59. The van der Waals surface area contributed by atoms with Crippen LogP contribution in [0.25, 0.3) is 6.08 Å². The van der Waals surface area contributed by atoms with Crippen LogP contribution in [0.5, 0.6) is 0 Å². The number of allylic oxidation sites excluding steroid dienone is 4. The van der Waals surface area contributed by atoms with Gasteiger partial charge in [-0.05, 0) is 56.4 Å². The molecule has 1 amide bonds. The van der Waals surface area contributed by atoms with E-state index < -0.39 is 47.7 Å². The zero-order chi connectivity index (χ0) is 36.4. The number of amides is 1. The third kappa shape index (κ3) is 5.38. The second-order valence-corrected chi connectivity index (χ2v) is 14.6. The maximum absolute atomic E-state index is 14.1. The molecule has 0 aromatic heterocycles. The Morgan fingerprint density at radius 3 is 1.98 bits per heavy atom. The topological polar surface area (TPSA) is 146 Å². The molecule has 1 fully saturated rings. The summed E-state index contributed by atoms with van der Waals surface area (Å²) in [6, 6.07) is 6.71. The van der Waals surface area contributed by atoms with Crippen molar-refractivity contribution in [3.63, 3.8) is 0 Å². The zero-order valence-electron chi connectivity index (χ0n) is 29.7. The van der Waals surface area contributed by atoms with Gasteiger partial charge in [0.05, 0.1) is 32.4 Å². The van der Waals surface area contributed by atoms with Crippen LogP contribution in [-0.4, -0.2) is 96.9 Å². The molecule has 3 heterocycles. The SMILES string of the molecule is COC1=C(C)C(=O)C2=C(C1=O)[C@@H]1[C@@H]3CC4=C(C(=O)C(OC)=C(C)C4=O)[C@H](CNC(=O)/C=C/c4ccc(C(C)(C)C)cc4)N3[C@@H](C#N)[C@H](C2)N1C. The van der Waals surface area contributed by atoms with Crippen molar-refractivity contribution in [2.45, 2.75) is 83.1 Å². The van der Waals surface area contributed by atoms with E-state index in [9.17, 15) is 29.2 Å². The Bertz CT molecular complexity index is 1930. The molecule has 0 radical (unpaired) electrons. The number of hydrogen-bond acceptors (Lipinski definition) is 10. The quantitative estimate of drug-likeness (QED) is 0.352. The van der Waals surface area contributed by atoms with Gasteiger partial charge in [0.2, 0.25) is 17.5 Å². The van der Waals surface area contributed by atoms with Gasteiger partial charge in [0, 0.05) is 58.1 Å². The molecular formula is C39H42N4O7. The van der Waals surface area contributed by atoms with Crippen LogP contribution in [0.1, 0.15) is 58.6 Å². The number of ketones is 4. The number of fused-ring (bicyclic) bond motifs is 5. The minimum atomic E-state index is -0.902. The summed E-state index contributed by atoms with van der Waals surface area (Å²) in [5, 5.41) is 13.6. The van der Waals surface area contributed by atoms with Gasteiger partial charge in [0.15, 0.2) is 23.1 Å². The number of nitrogens with zero attached hydrogens (tertiary/aromatic N) is 3. The lowest BCUT2D eigenvalue weighted by Gasteiger charge is -2.60. The summed E-state index contributed by atoms with van der Waals surface area (Å²) in [5.41, 5.74) is 3.45. The van der Waals surface area contributed by atoms with Crippen LogP contribution in [0.4, 0.5) is 0 Å². The Kier molecular flexibility index (Phi) is 8.91. The van der Waals surface area contributed by atoms with Crippen molar-refractivity contribution >= 4 is 35.1 Å².